The number of benzene rings is 1. The van der Waals surface area contributed by atoms with E-state index in [1.807, 2.05) is 37.6 Å². The van der Waals surface area contributed by atoms with E-state index in [4.69, 9.17) is 0 Å². The molecule has 3 aromatic heterocycles. The predicted molar refractivity (Wildman–Crippen MR) is 118 cm³/mol. The Morgan fingerprint density at radius 1 is 1.06 bits per heavy atom. The second-order valence-electron chi connectivity index (χ2n) is 7.48. The third-order valence-corrected chi connectivity index (χ3v) is 4.85. The number of aromatic nitrogens is 6. The van der Waals surface area contributed by atoms with E-state index < -0.39 is 0 Å². The fourth-order valence-electron chi connectivity index (χ4n) is 3.36. The number of anilines is 2. The van der Waals surface area contributed by atoms with Crippen molar-refractivity contribution in [1.29, 1.82) is 0 Å². The van der Waals surface area contributed by atoms with Gasteiger partial charge in [-0.3, -0.25) is 9.48 Å². The molecule has 0 fully saturated rings. The molecule has 0 aliphatic heterocycles. The van der Waals surface area contributed by atoms with E-state index in [9.17, 15) is 4.79 Å². The average Bonchev–Trinajstić information content (AvgIpc) is 3.31. The summed E-state index contributed by atoms with van der Waals surface area (Å²) in [4.78, 5) is 25.6. The highest BCUT2D eigenvalue weighted by molar-refractivity contribution is 5.93. The average molecular weight is 416 g/mol. The first-order valence-electron chi connectivity index (χ1n) is 9.85. The summed E-state index contributed by atoms with van der Waals surface area (Å²) in [6, 6.07) is 9.67. The maximum absolute atomic E-state index is 12.6. The van der Waals surface area contributed by atoms with Crippen LogP contribution in [0.3, 0.4) is 0 Å². The van der Waals surface area contributed by atoms with Crippen molar-refractivity contribution < 1.29 is 4.79 Å². The van der Waals surface area contributed by atoms with Crippen molar-refractivity contribution in [2.75, 3.05) is 5.32 Å². The number of nitrogens with zero attached hydrogens (tertiary/aromatic N) is 6. The van der Waals surface area contributed by atoms with Crippen molar-refractivity contribution in [3.05, 3.63) is 71.6 Å². The second-order valence-corrected chi connectivity index (χ2v) is 7.48. The minimum atomic E-state index is -0.218. The standard InChI is InChI=1S/C22H24N8O/c1-14-7-15(2)9-16(8-14)26-22-24-6-5-18(27-22)19-10-20(30(4)28-19)21(31)25-12-17-11-23-13-29(17)3/h5-11,13H,12H2,1-4H3,(H,25,31)(H,24,26,27). The maximum Gasteiger partial charge on any atom is 0.269 e. The van der Waals surface area contributed by atoms with Gasteiger partial charge in [0.05, 0.1) is 24.3 Å². The van der Waals surface area contributed by atoms with Crippen molar-refractivity contribution in [3.63, 3.8) is 0 Å². The number of imidazole rings is 1. The molecular formula is C22H24N8O. The second kappa shape index (κ2) is 8.39. The van der Waals surface area contributed by atoms with Gasteiger partial charge in [-0.15, -0.1) is 0 Å². The summed E-state index contributed by atoms with van der Waals surface area (Å²) in [5, 5.41) is 10.6. The van der Waals surface area contributed by atoms with E-state index in [-0.39, 0.29) is 5.91 Å². The van der Waals surface area contributed by atoms with E-state index >= 15 is 0 Å². The van der Waals surface area contributed by atoms with Crippen molar-refractivity contribution in [3.8, 4) is 11.4 Å². The highest BCUT2D eigenvalue weighted by Gasteiger charge is 2.16. The van der Waals surface area contributed by atoms with Gasteiger partial charge < -0.3 is 15.2 Å². The van der Waals surface area contributed by atoms with Crippen LogP contribution in [0.4, 0.5) is 11.6 Å². The van der Waals surface area contributed by atoms with Gasteiger partial charge in [0, 0.05) is 32.2 Å². The largest absolute Gasteiger partial charge is 0.345 e. The molecule has 0 bridgehead atoms. The monoisotopic (exact) mass is 416 g/mol. The molecule has 4 aromatic rings. The van der Waals surface area contributed by atoms with Crippen LogP contribution in [-0.4, -0.2) is 35.2 Å². The lowest BCUT2D eigenvalue weighted by Crippen LogP contribution is -2.25. The van der Waals surface area contributed by atoms with Crippen LogP contribution < -0.4 is 10.6 Å². The molecule has 0 radical (unpaired) electrons. The zero-order valence-electron chi connectivity index (χ0n) is 17.9. The lowest BCUT2D eigenvalue weighted by Gasteiger charge is -2.07. The van der Waals surface area contributed by atoms with Crippen molar-refractivity contribution >= 4 is 17.5 Å². The number of hydrogen-bond acceptors (Lipinski definition) is 6. The third kappa shape index (κ3) is 4.61. The molecule has 1 aromatic carbocycles. The molecule has 0 unspecified atom stereocenters. The smallest absolute Gasteiger partial charge is 0.269 e. The van der Waals surface area contributed by atoms with Crippen LogP contribution in [0, 0.1) is 13.8 Å². The zero-order chi connectivity index (χ0) is 22.0. The van der Waals surface area contributed by atoms with Gasteiger partial charge >= 0.3 is 0 Å². The molecule has 4 rings (SSSR count). The van der Waals surface area contributed by atoms with Crippen molar-refractivity contribution in [2.24, 2.45) is 14.1 Å². The van der Waals surface area contributed by atoms with Gasteiger partial charge in [0.2, 0.25) is 5.95 Å². The molecule has 0 saturated carbocycles. The highest BCUT2D eigenvalue weighted by Crippen LogP contribution is 2.21. The molecule has 0 atom stereocenters. The zero-order valence-corrected chi connectivity index (χ0v) is 17.9. The first-order valence-corrected chi connectivity index (χ1v) is 9.85. The van der Waals surface area contributed by atoms with Gasteiger partial charge in [-0.25, -0.2) is 15.0 Å². The molecule has 0 aliphatic rings. The SMILES string of the molecule is Cc1cc(C)cc(Nc2nccc(-c3cc(C(=O)NCc4cncn4C)n(C)n3)n2)c1. The Balaban J connectivity index is 1.51. The molecular weight excluding hydrogens is 392 g/mol. The Kier molecular flexibility index (Phi) is 5.48. The number of amides is 1. The summed E-state index contributed by atoms with van der Waals surface area (Å²) < 4.78 is 3.41. The van der Waals surface area contributed by atoms with Crippen LogP contribution >= 0.6 is 0 Å². The maximum atomic E-state index is 12.6. The van der Waals surface area contributed by atoms with Gasteiger partial charge in [-0.2, -0.15) is 5.10 Å². The normalized spacial score (nSPS) is 10.8. The fourth-order valence-corrected chi connectivity index (χ4v) is 3.36. The summed E-state index contributed by atoms with van der Waals surface area (Å²) in [7, 11) is 3.62. The van der Waals surface area contributed by atoms with Crippen molar-refractivity contribution in [1.82, 2.24) is 34.6 Å². The number of rotatable bonds is 6. The van der Waals surface area contributed by atoms with Gasteiger partial charge in [-0.1, -0.05) is 6.07 Å². The van der Waals surface area contributed by atoms with E-state index in [1.165, 1.54) is 0 Å². The van der Waals surface area contributed by atoms with Crippen LogP contribution in [0.15, 0.2) is 49.1 Å². The number of carbonyl (C=O) groups is 1. The summed E-state index contributed by atoms with van der Waals surface area (Å²) in [6.07, 6.45) is 5.09. The molecule has 0 spiro atoms. The van der Waals surface area contributed by atoms with Crippen LogP contribution in [0.5, 0.6) is 0 Å². The third-order valence-electron chi connectivity index (χ3n) is 4.85. The van der Waals surface area contributed by atoms with Crippen LogP contribution in [0.1, 0.15) is 27.3 Å². The lowest BCUT2D eigenvalue weighted by atomic mass is 10.1. The van der Waals surface area contributed by atoms with Gasteiger partial charge in [-0.05, 0) is 49.2 Å². The lowest BCUT2D eigenvalue weighted by molar-refractivity contribution is 0.0940. The number of carbonyl (C=O) groups excluding carboxylic acids is 1. The van der Waals surface area contributed by atoms with E-state index in [0.717, 1.165) is 22.5 Å². The molecule has 0 saturated heterocycles. The molecule has 2 N–H and O–H groups in total. The van der Waals surface area contributed by atoms with Crippen molar-refractivity contribution in [2.45, 2.75) is 20.4 Å². The van der Waals surface area contributed by atoms with Crippen LogP contribution in [-0.2, 0) is 20.6 Å². The van der Waals surface area contributed by atoms with E-state index in [1.54, 1.807) is 42.6 Å². The summed E-state index contributed by atoms with van der Waals surface area (Å²) in [5.74, 6) is 0.250. The Bertz CT molecular complexity index is 1220. The van der Waals surface area contributed by atoms with Gasteiger partial charge in [0.25, 0.3) is 5.91 Å². The number of aryl methyl sites for hydroxylation is 4. The molecule has 1 amide bonds. The van der Waals surface area contributed by atoms with Gasteiger partial charge in [0.15, 0.2) is 0 Å². The van der Waals surface area contributed by atoms with E-state index in [2.05, 4.69) is 36.8 Å². The fraction of sp³-hybridized carbons (Fsp3) is 0.227. The Labute approximate surface area is 180 Å². The molecule has 31 heavy (non-hydrogen) atoms. The molecule has 0 aliphatic carbocycles. The Morgan fingerprint density at radius 2 is 1.84 bits per heavy atom. The molecule has 158 valence electrons. The Hall–Kier alpha value is -4.01. The highest BCUT2D eigenvalue weighted by atomic mass is 16.2. The number of hydrogen-bond donors (Lipinski definition) is 2. The summed E-state index contributed by atoms with van der Waals surface area (Å²) in [5.41, 5.74) is 5.82. The predicted octanol–water partition coefficient (Wildman–Crippen LogP) is 2.90. The molecule has 9 heteroatoms. The topological polar surface area (TPSA) is 103 Å². The minimum absolute atomic E-state index is 0.218. The Morgan fingerprint density at radius 3 is 2.55 bits per heavy atom. The molecule has 9 nitrogen and oxygen atoms in total. The first-order chi connectivity index (χ1) is 14.9. The van der Waals surface area contributed by atoms with Gasteiger partial charge in [0.1, 0.15) is 11.4 Å². The van der Waals surface area contributed by atoms with Crippen LogP contribution in [0.25, 0.3) is 11.4 Å². The first kappa shape index (κ1) is 20.3. The number of nitrogens with one attached hydrogen (secondary N) is 2. The quantitative estimate of drug-likeness (QED) is 0.501. The summed E-state index contributed by atoms with van der Waals surface area (Å²) in [6.45, 7) is 4.47. The minimum Gasteiger partial charge on any atom is -0.345 e. The van der Waals surface area contributed by atoms with Crippen LogP contribution in [0.2, 0.25) is 0 Å². The summed E-state index contributed by atoms with van der Waals surface area (Å²) >= 11 is 0. The van der Waals surface area contributed by atoms with E-state index in [0.29, 0.717) is 29.6 Å². The molecule has 3 heterocycles.